The highest BCUT2D eigenvalue weighted by Crippen LogP contribution is 2.34. The summed E-state index contributed by atoms with van der Waals surface area (Å²) in [4.78, 5) is 4.84. The molecule has 0 N–H and O–H groups in total. The lowest BCUT2D eigenvalue weighted by Gasteiger charge is -2.31. The number of hydrogen-bond acceptors (Lipinski definition) is 3. The quantitative estimate of drug-likeness (QED) is 0.513. The molecule has 1 atom stereocenters. The fourth-order valence-electron chi connectivity index (χ4n) is 4.16. The zero-order valence-corrected chi connectivity index (χ0v) is 17.7. The molecule has 0 unspecified atom stereocenters. The van der Waals surface area contributed by atoms with Crippen molar-refractivity contribution < 1.29 is 9.13 Å². The Bertz CT molecular complexity index is 956. The van der Waals surface area contributed by atoms with Crippen LogP contribution in [0.4, 0.5) is 4.39 Å². The van der Waals surface area contributed by atoms with Gasteiger partial charge in [-0.2, -0.15) is 0 Å². The van der Waals surface area contributed by atoms with E-state index in [1.165, 1.54) is 16.7 Å². The molecule has 30 heavy (non-hydrogen) atoms. The highest BCUT2D eigenvalue weighted by Gasteiger charge is 2.33. The predicted octanol–water partition coefficient (Wildman–Crippen LogP) is 5.55. The average Bonchev–Trinajstić information content (AvgIpc) is 3.14. The van der Waals surface area contributed by atoms with Crippen LogP contribution in [0.3, 0.4) is 0 Å². The zero-order chi connectivity index (χ0) is 20.9. The van der Waals surface area contributed by atoms with Gasteiger partial charge in [-0.1, -0.05) is 60.2 Å². The average molecular weight is 405 g/mol. The lowest BCUT2D eigenvalue weighted by Crippen LogP contribution is -2.30. The second kappa shape index (κ2) is 9.41. The largest absolute Gasteiger partial charge is 0.494 e. The molecular weight excluding hydrogens is 375 g/mol. The van der Waals surface area contributed by atoms with Gasteiger partial charge in [-0.15, -0.1) is 0 Å². The van der Waals surface area contributed by atoms with E-state index < -0.39 is 0 Å². The summed E-state index contributed by atoms with van der Waals surface area (Å²) in [5.41, 5.74) is 4.51. The van der Waals surface area contributed by atoms with Gasteiger partial charge in [-0.05, 0) is 43.2 Å². The monoisotopic (exact) mass is 404 g/mol. The molecule has 1 aliphatic heterocycles. The minimum Gasteiger partial charge on any atom is -0.494 e. The van der Waals surface area contributed by atoms with Crippen molar-refractivity contribution in [2.75, 3.05) is 19.7 Å². The number of nitrogens with zero attached hydrogens (tertiary/aromatic N) is 2. The van der Waals surface area contributed by atoms with E-state index in [9.17, 15) is 4.39 Å². The normalized spacial score (nSPS) is 17.4. The minimum atomic E-state index is -0.139. The van der Waals surface area contributed by atoms with Gasteiger partial charge in [-0.3, -0.25) is 9.80 Å². The summed E-state index contributed by atoms with van der Waals surface area (Å²) < 4.78 is 20.0. The Labute approximate surface area is 178 Å². The Hall–Kier alpha value is -2.69. The molecule has 1 fully saturated rings. The SMILES string of the molecule is CCOc1ccc([C@H]2N(Cc3ccc(C)cc3)CCN2Cc2ccccc2F)cc1. The summed E-state index contributed by atoms with van der Waals surface area (Å²) in [7, 11) is 0. The van der Waals surface area contributed by atoms with Crippen LogP contribution >= 0.6 is 0 Å². The summed E-state index contributed by atoms with van der Waals surface area (Å²) >= 11 is 0. The number of aryl methyl sites for hydroxylation is 1. The Balaban J connectivity index is 1.60. The number of rotatable bonds is 7. The smallest absolute Gasteiger partial charge is 0.127 e. The third kappa shape index (κ3) is 4.72. The predicted molar refractivity (Wildman–Crippen MR) is 119 cm³/mol. The van der Waals surface area contributed by atoms with Crippen molar-refractivity contribution in [1.29, 1.82) is 0 Å². The van der Waals surface area contributed by atoms with E-state index in [1.54, 1.807) is 12.1 Å². The third-order valence-corrected chi connectivity index (χ3v) is 5.69. The fourth-order valence-corrected chi connectivity index (χ4v) is 4.16. The molecule has 0 radical (unpaired) electrons. The van der Waals surface area contributed by atoms with Crippen LogP contribution in [-0.2, 0) is 13.1 Å². The minimum absolute atomic E-state index is 0.0987. The van der Waals surface area contributed by atoms with Crippen molar-refractivity contribution >= 4 is 0 Å². The third-order valence-electron chi connectivity index (χ3n) is 5.69. The maximum absolute atomic E-state index is 14.3. The molecule has 3 aromatic rings. The van der Waals surface area contributed by atoms with Gasteiger partial charge in [0.25, 0.3) is 0 Å². The standard InChI is InChI=1S/C26H29FN2O/c1-3-30-24-14-12-22(13-15-24)26-28(18-21-10-8-20(2)9-11-21)16-17-29(26)19-23-6-4-5-7-25(23)27/h4-15,26H,3,16-19H2,1-2H3/t26-/m0/s1. The summed E-state index contributed by atoms with van der Waals surface area (Å²) in [6.45, 7) is 8.06. The maximum Gasteiger partial charge on any atom is 0.127 e. The second-order valence-corrected chi connectivity index (χ2v) is 7.89. The molecular formula is C26H29FN2O. The van der Waals surface area contributed by atoms with Crippen molar-refractivity contribution in [3.05, 3.63) is 101 Å². The van der Waals surface area contributed by atoms with Crippen LogP contribution in [0.2, 0.25) is 0 Å². The molecule has 0 spiro atoms. The van der Waals surface area contributed by atoms with E-state index in [0.717, 1.165) is 30.9 Å². The molecule has 1 heterocycles. The van der Waals surface area contributed by atoms with Gasteiger partial charge in [0.05, 0.1) is 12.8 Å². The van der Waals surface area contributed by atoms with Gasteiger partial charge in [0.15, 0.2) is 0 Å². The summed E-state index contributed by atoms with van der Waals surface area (Å²) in [5.74, 6) is 0.741. The van der Waals surface area contributed by atoms with E-state index in [0.29, 0.717) is 13.2 Å². The van der Waals surface area contributed by atoms with E-state index in [2.05, 4.69) is 53.1 Å². The van der Waals surface area contributed by atoms with Crippen LogP contribution in [0.1, 0.15) is 35.3 Å². The van der Waals surface area contributed by atoms with Crippen molar-refractivity contribution in [3.63, 3.8) is 0 Å². The molecule has 3 aromatic carbocycles. The number of benzene rings is 3. The topological polar surface area (TPSA) is 15.7 Å². The Morgan fingerprint density at radius 2 is 1.53 bits per heavy atom. The van der Waals surface area contributed by atoms with E-state index in [-0.39, 0.29) is 12.0 Å². The molecule has 4 rings (SSSR count). The van der Waals surface area contributed by atoms with Crippen molar-refractivity contribution in [1.82, 2.24) is 9.80 Å². The molecule has 0 amide bonds. The van der Waals surface area contributed by atoms with Crippen molar-refractivity contribution in [2.45, 2.75) is 33.1 Å². The zero-order valence-electron chi connectivity index (χ0n) is 17.7. The Kier molecular flexibility index (Phi) is 6.46. The Morgan fingerprint density at radius 3 is 2.20 bits per heavy atom. The van der Waals surface area contributed by atoms with E-state index >= 15 is 0 Å². The highest BCUT2D eigenvalue weighted by atomic mass is 19.1. The van der Waals surface area contributed by atoms with Crippen LogP contribution < -0.4 is 4.74 Å². The number of halogens is 1. The van der Waals surface area contributed by atoms with E-state index in [1.807, 2.05) is 31.2 Å². The second-order valence-electron chi connectivity index (χ2n) is 7.89. The van der Waals surface area contributed by atoms with Gasteiger partial charge in [-0.25, -0.2) is 4.39 Å². The lowest BCUT2D eigenvalue weighted by atomic mass is 10.1. The first-order valence-electron chi connectivity index (χ1n) is 10.6. The summed E-state index contributed by atoms with van der Waals surface area (Å²) in [5, 5.41) is 0. The molecule has 4 heteroatoms. The van der Waals surface area contributed by atoms with Crippen LogP contribution in [-0.4, -0.2) is 29.5 Å². The van der Waals surface area contributed by atoms with Crippen LogP contribution in [0.5, 0.6) is 5.75 Å². The molecule has 0 saturated carbocycles. The van der Waals surface area contributed by atoms with Crippen LogP contribution in [0.25, 0.3) is 0 Å². The van der Waals surface area contributed by atoms with Gasteiger partial charge >= 0.3 is 0 Å². The van der Waals surface area contributed by atoms with Gasteiger partial charge < -0.3 is 4.74 Å². The highest BCUT2D eigenvalue weighted by molar-refractivity contribution is 5.30. The van der Waals surface area contributed by atoms with E-state index in [4.69, 9.17) is 4.74 Å². The summed E-state index contributed by atoms with van der Waals surface area (Å²) in [6, 6.07) is 24.1. The molecule has 1 saturated heterocycles. The maximum atomic E-state index is 14.3. The van der Waals surface area contributed by atoms with Gasteiger partial charge in [0.1, 0.15) is 11.6 Å². The van der Waals surface area contributed by atoms with Crippen molar-refractivity contribution in [3.8, 4) is 5.75 Å². The fraction of sp³-hybridized carbons (Fsp3) is 0.308. The van der Waals surface area contributed by atoms with Crippen LogP contribution in [0.15, 0.2) is 72.8 Å². The molecule has 0 aromatic heterocycles. The first-order valence-corrected chi connectivity index (χ1v) is 10.6. The molecule has 3 nitrogen and oxygen atoms in total. The van der Waals surface area contributed by atoms with Crippen molar-refractivity contribution in [2.24, 2.45) is 0 Å². The van der Waals surface area contributed by atoms with Gasteiger partial charge in [0, 0.05) is 31.7 Å². The summed E-state index contributed by atoms with van der Waals surface area (Å²) in [6.07, 6.45) is 0.0987. The molecule has 0 bridgehead atoms. The van der Waals surface area contributed by atoms with Crippen LogP contribution in [0, 0.1) is 12.7 Å². The first kappa shape index (κ1) is 20.6. The number of ether oxygens (including phenoxy) is 1. The lowest BCUT2D eigenvalue weighted by molar-refractivity contribution is 0.124. The number of hydrogen-bond donors (Lipinski definition) is 0. The van der Waals surface area contributed by atoms with Gasteiger partial charge in [0.2, 0.25) is 0 Å². The molecule has 1 aliphatic rings. The molecule has 0 aliphatic carbocycles. The molecule has 156 valence electrons. The first-order chi connectivity index (χ1) is 14.6. The Morgan fingerprint density at radius 1 is 0.867 bits per heavy atom.